The summed E-state index contributed by atoms with van der Waals surface area (Å²) in [7, 11) is -0.856. The van der Waals surface area contributed by atoms with Crippen LogP contribution in [0.15, 0.2) is 17.6 Å². The number of halogens is 1. The molecule has 1 aliphatic heterocycles. The zero-order valence-corrected chi connectivity index (χ0v) is 14.1. The van der Waals surface area contributed by atoms with Crippen molar-refractivity contribution in [3.05, 3.63) is 34.5 Å². The van der Waals surface area contributed by atoms with Crippen molar-refractivity contribution < 1.29 is 28.7 Å². The molecule has 0 saturated carbocycles. The Kier molecular flexibility index (Phi) is 4.76. The molecule has 24 heavy (non-hydrogen) atoms. The van der Waals surface area contributed by atoms with Crippen molar-refractivity contribution in [1.82, 2.24) is 0 Å². The highest BCUT2D eigenvalue weighted by Crippen LogP contribution is 2.38. The third-order valence-electron chi connectivity index (χ3n) is 4.48. The molecule has 0 atom stereocenters. The van der Waals surface area contributed by atoms with Gasteiger partial charge in [0, 0.05) is 11.3 Å². The van der Waals surface area contributed by atoms with Crippen LogP contribution in [-0.2, 0) is 9.31 Å². The van der Waals surface area contributed by atoms with E-state index in [1.165, 1.54) is 6.08 Å². The zero-order valence-electron chi connectivity index (χ0n) is 14.1. The van der Waals surface area contributed by atoms with E-state index in [-0.39, 0.29) is 22.3 Å². The number of benzene rings is 1. The lowest BCUT2D eigenvalue weighted by molar-refractivity contribution is 0.00578. The normalized spacial score (nSPS) is 19.6. The van der Waals surface area contributed by atoms with Gasteiger partial charge in [0.05, 0.1) is 23.4 Å². The summed E-state index contributed by atoms with van der Waals surface area (Å²) in [6, 6.07) is 2.06. The molecule has 0 radical (unpaired) electrons. The molecule has 1 aromatic carbocycles. The summed E-state index contributed by atoms with van der Waals surface area (Å²) in [5.41, 5.74) is 4.17. The molecule has 2 rings (SSSR count). The molecule has 1 saturated heterocycles. The molecule has 4 N–H and O–H groups in total. The van der Waals surface area contributed by atoms with Crippen LogP contribution in [0.5, 0.6) is 0 Å². The summed E-state index contributed by atoms with van der Waals surface area (Å²) in [5, 5.41) is 18.7. The molecule has 0 spiro atoms. The summed E-state index contributed by atoms with van der Waals surface area (Å²) < 4.78 is 25.7. The Morgan fingerprint density at radius 2 is 1.83 bits per heavy atom. The standard InChI is InChI=1S/C16H21BFNO5/c1-15(2)16(3,4)24-17(23-15)10(8-20)5-9-6-11(14(21)22)13(19)7-12(9)18/h5-7,20H,8,19H2,1-4H3,(H,21,22). The van der Waals surface area contributed by atoms with E-state index in [0.29, 0.717) is 0 Å². The lowest BCUT2D eigenvalue weighted by Crippen LogP contribution is -2.41. The maximum atomic E-state index is 14.1. The van der Waals surface area contributed by atoms with Gasteiger partial charge in [-0.05, 0) is 45.3 Å². The summed E-state index contributed by atoms with van der Waals surface area (Å²) in [4.78, 5) is 11.1. The Hall–Kier alpha value is -1.90. The van der Waals surface area contributed by atoms with Crippen molar-refractivity contribution in [2.75, 3.05) is 12.3 Å². The average Bonchev–Trinajstić information content (AvgIpc) is 2.66. The number of aliphatic hydroxyl groups excluding tert-OH is 1. The minimum atomic E-state index is -1.26. The van der Waals surface area contributed by atoms with Crippen LogP contribution in [-0.4, -0.2) is 41.1 Å². The van der Waals surface area contributed by atoms with E-state index < -0.39 is 36.7 Å². The molecule has 0 unspecified atom stereocenters. The molecule has 130 valence electrons. The van der Waals surface area contributed by atoms with Crippen molar-refractivity contribution in [2.45, 2.75) is 38.9 Å². The second kappa shape index (κ2) is 6.20. The molecule has 6 nitrogen and oxygen atoms in total. The number of hydrogen-bond acceptors (Lipinski definition) is 5. The van der Waals surface area contributed by atoms with Gasteiger partial charge >= 0.3 is 13.1 Å². The van der Waals surface area contributed by atoms with Gasteiger partial charge in [-0.1, -0.05) is 6.08 Å². The molecule has 8 heteroatoms. The molecular formula is C16H21BFNO5. The lowest BCUT2D eigenvalue weighted by Gasteiger charge is -2.32. The van der Waals surface area contributed by atoms with Gasteiger partial charge in [-0.25, -0.2) is 9.18 Å². The lowest BCUT2D eigenvalue weighted by atomic mass is 9.77. The average molecular weight is 337 g/mol. The Morgan fingerprint density at radius 1 is 1.29 bits per heavy atom. The molecule has 1 fully saturated rings. The third-order valence-corrected chi connectivity index (χ3v) is 4.48. The van der Waals surface area contributed by atoms with Crippen molar-refractivity contribution in [2.24, 2.45) is 0 Å². The highest BCUT2D eigenvalue weighted by atomic mass is 19.1. The highest BCUT2D eigenvalue weighted by molar-refractivity contribution is 6.55. The number of rotatable bonds is 4. The van der Waals surface area contributed by atoms with E-state index in [4.69, 9.17) is 20.1 Å². The number of carboxylic acid groups (broad SMARTS) is 1. The predicted molar refractivity (Wildman–Crippen MR) is 88.9 cm³/mol. The Balaban J connectivity index is 2.42. The van der Waals surface area contributed by atoms with E-state index in [1.807, 2.05) is 27.7 Å². The highest BCUT2D eigenvalue weighted by Gasteiger charge is 2.52. The van der Waals surface area contributed by atoms with Crippen LogP contribution in [0.1, 0.15) is 43.6 Å². The third kappa shape index (κ3) is 3.31. The Morgan fingerprint density at radius 3 is 2.29 bits per heavy atom. The van der Waals surface area contributed by atoms with Gasteiger partial charge in [0.1, 0.15) is 5.82 Å². The predicted octanol–water partition coefficient (Wildman–Crippen LogP) is 2.11. The van der Waals surface area contributed by atoms with Gasteiger partial charge in [0.25, 0.3) is 0 Å². The smallest absolute Gasteiger partial charge is 0.478 e. The fourth-order valence-electron chi connectivity index (χ4n) is 2.28. The van der Waals surface area contributed by atoms with Crippen molar-refractivity contribution in [3.8, 4) is 0 Å². The number of anilines is 1. The number of aliphatic hydroxyl groups is 1. The van der Waals surface area contributed by atoms with Gasteiger partial charge in [0.15, 0.2) is 0 Å². The van der Waals surface area contributed by atoms with Crippen LogP contribution in [0, 0.1) is 5.82 Å². The maximum Gasteiger partial charge on any atom is 0.492 e. The van der Waals surface area contributed by atoms with Gasteiger partial charge in [-0.3, -0.25) is 0 Å². The maximum absolute atomic E-state index is 14.1. The van der Waals surface area contributed by atoms with E-state index in [9.17, 15) is 14.3 Å². The fourth-order valence-corrected chi connectivity index (χ4v) is 2.28. The van der Waals surface area contributed by atoms with Gasteiger partial charge in [-0.2, -0.15) is 0 Å². The van der Waals surface area contributed by atoms with Crippen LogP contribution < -0.4 is 5.73 Å². The Bertz CT molecular complexity index is 686. The van der Waals surface area contributed by atoms with Crippen LogP contribution in [0.3, 0.4) is 0 Å². The molecule has 0 aromatic heterocycles. The summed E-state index contributed by atoms with van der Waals surface area (Å²) in [5.74, 6) is -1.96. The second-order valence-electron chi connectivity index (χ2n) is 6.73. The van der Waals surface area contributed by atoms with Crippen LogP contribution in [0.4, 0.5) is 10.1 Å². The van der Waals surface area contributed by atoms with Crippen molar-refractivity contribution in [3.63, 3.8) is 0 Å². The van der Waals surface area contributed by atoms with E-state index in [1.54, 1.807) is 0 Å². The first-order valence-electron chi connectivity index (χ1n) is 7.48. The van der Waals surface area contributed by atoms with E-state index in [2.05, 4.69) is 0 Å². The summed E-state index contributed by atoms with van der Waals surface area (Å²) in [6.45, 7) is 6.99. The van der Waals surface area contributed by atoms with Crippen molar-refractivity contribution >= 4 is 24.9 Å². The molecule has 1 heterocycles. The number of carbonyl (C=O) groups is 1. The number of nitrogens with two attached hydrogens (primary N) is 1. The van der Waals surface area contributed by atoms with E-state index in [0.717, 1.165) is 12.1 Å². The molecule has 0 amide bonds. The largest absolute Gasteiger partial charge is 0.492 e. The van der Waals surface area contributed by atoms with Gasteiger partial charge in [0.2, 0.25) is 0 Å². The summed E-state index contributed by atoms with van der Waals surface area (Å²) >= 11 is 0. The number of hydrogen-bond donors (Lipinski definition) is 3. The second-order valence-corrected chi connectivity index (χ2v) is 6.73. The van der Waals surface area contributed by atoms with Crippen LogP contribution in [0.2, 0.25) is 0 Å². The fraction of sp³-hybridized carbons (Fsp3) is 0.438. The van der Waals surface area contributed by atoms with E-state index >= 15 is 0 Å². The molecule has 0 aliphatic carbocycles. The topological polar surface area (TPSA) is 102 Å². The van der Waals surface area contributed by atoms with Crippen LogP contribution in [0.25, 0.3) is 6.08 Å². The number of nitrogen functional groups attached to an aromatic ring is 1. The number of aromatic carboxylic acids is 1. The quantitative estimate of drug-likeness (QED) is 0.575. The molecule has 0 bridgehead atoms. The minimum Gasteiger partial charge on any atom is -0.478 e. The molecular weight excluding hydrogens is 316 g/mol. The van der Waals surface area contributed by atoms with Crippen LogP contribution >= 0.6 is 0 Å². The van der Waals surface area contributed by atoms with Gasteiger partial charge < -0.3 is 25.3 Å². The molecule has 1 aromatic rings. The number of carboxylic acids is 1. The summed E-state index contributed by atoms with van der Waals surface area (Å²) in [6.07, 6.45) is 1.32. The first-order chi connectivity index (χ1) is 11.0. The van der Waals surface area contributed by atoms with Gasteiger partial charge in [-0.15, -0.1) is 0 Å². The first kappa shape index (κ1) is 18.4. The zero-order chi connectivity index (χ0) is 18.3. The Labute approximate surface area is 140 Å². The molecule has 1 aliphatic rings. The monoisotopic (exact) mass is 337 g/mol. The SMILES string of the molecule is CC1(C)OB(C(=Cc2cc(C(=O)O)c(N)cc2F)CO)OC1(C)C. The van der Waals surface area contributed by atoms with Crippen molar-refractivity contribution in [1.29, 1.82) is 0 Å². The minimum absolute atomic E-state index is 0.0136. The first-order valence-corrected chi connectivity index (χ1v) is 7.48.